The molecule has 0 fully saturated rings. The number of hydrogen-bond acceptors (Lipinski definition) is 1. The molecule has 0 N–H and O–H groups in total. The first-order valence-electron chi connectivity index (χ1n) is 5.58. The third kappa shape index (κ3) is 2.90. The number of nitrogens with zero attached hydrogens (tertiary/aromatic N) is 2. The molecule has 17 heavy (non-hydrogen) atoms. The van der Waals surface area contributed by atoms with Gasteiger partial charge in [-0.15, -0.1) is 11.6 Å². The van der Waals surface area contributed by atoms with E-state index in [1.54, 1.807) is 0 Å². The van der Waals surface area contributed by atoms with Crippen molar-refractivity contribution >= 4 is 27.5 Å². The van der Waals surface area contributed by atoms with Crippen LogP contribution in [0.25, 0.3) is 0 Å². The number of alkyl halides is 1. The molecular formula is C13H14BrClN2. The van der Waals surface area contributed by atoms with E-state index < -0.39 is 0 Å². The van der Waals surface area contributed by atoms with Gasteiger partial charge in [0.2, 0.25) is 0 Å². The molecule has 0 radical (unpaired) electrons. The molecule has 0 unspecified atom stereocenters. The van der Waals surface area contributed by atoms with Crippen LogP contribution in [0.2, 0.25) is 0 Å². The fourth-order valence-electron chi connectivity index (χ4n) is 1.87. The Balaban J connectivity index is 2.23. The molecule has 90 valence electrons. The molecule has 0 aliphatic rings. The van der Waals surface area contributed by atoms with Gasteiger partial charge in [-0.2, -0.15) is 5.10 Å². The van der Waals surface area contributed by atoms with Gasteiger partial charge in [0, 0.05) is 15.7 Å². The summed E-state index contributed by atoms with van der Waals surface area (Å²) in [6, 6.07) is 8.30. The van der Waals surface area contributed by atoms with Crippen molar-refractivity contribution in [2.75, 3.05) is 0 Å². The first kappa shape index (κ1) is 12.7. The SMILES string of the molecule is CCc1c(CCl)cnn1Cc1ccc(Br)cc1. The van der Waals surface area contributed by atoms with Gasteiger partial charge in [0.25, 0.3) is 0 Å². The molecule has 2 rings (SSSR count). The van der Waals surface area contributed by atoms with Gasteiger partial charge in [-0.3, -0.25) is 4.68 Å². The molecule has 0 aliphatic carbocycles. The molecule has 0 spiro atoms. The number of aromatic nitrogens is 2. The zero-order valence-corrected chi connectivity index (χ0v) is 12.0. The maximum atomic E-state index is 5.89. The van der Waals surface area contributed by atoms with E-state index in [9.17, 15) is 0 Å². The summed E-state index contributed by atoms with van der Waals surface area (Å²) in [5, 5.41) is 4.40. The van der Waals surface area contributed by atoms with Crippen molar-refractivity contribution in [3.8, 4) is 0 Å². The van der Waals surface area contributed by atoms with Crippen molar-refractivity contribution in [2.45, 2.75) is 25.8 Å². The van der Waals surface area contributed by atoms with Crippen molar-refractivity contribution < 1.29 is 0 Å². The minimum absolute atomic E-state index is 0.531. The molecule has 1 aromatic carbocycles. The molecular weight excluding hydrogens is 300 g/mol. The summed E-state index contributed by atoms with van der Waals surface area (Å²) in [5.41, 5.74) is 3.60. The third-order valence-electron chi connectivity index (χ3n) is 2.76. The van der Waals surface area contributed by atoms with Crippen molar-refractivity contribution in [3.63, 3.8) is 0 Å². The predicted octanol–water partition coefficient (Wildman–Crippen LogP) is 4.00. The van der Waals surface area contributed by atoms with Crippen molar-refractivity contribution in [3.05, 3.63) is 51.8 Å². The minimum Gasteiger partial charge on any atom is -0.265 e. The third-order valence-corrected chi connectivity index (χ3v) is 3.58. The van der Waals surface area contributed by atoms with E-state index in [1.165, 1.54) is 11.3 Å². The van der Waals surface area contributed by atoms with Gasteiger partial charge in [0.05, 0.1) is 18.6 Å². The highest BCUT2D eigenvalue weighted by molar-refractivity contribution is 9.10. The van der Waals surface area contributed by atoms with Crippen molar-refractivity contribution in [1.82, 2.24) is 9.78 Å². The first-order chi connectivity index (χ1) is 8.24. The van der Waals surface area contributed by atoms with Crippen LogP contribution >= 0.6 is 27.5 Å². The zero-order chi connectivity index (χ0) is 12.3. The number of halogens is 2. The Morgan fingerprint density at radius 2 is 2.00 bits per heavy atom. The quantitative estimate of drug-likeness (QED) is 0.780. The summed E-state index contributed by atoms with van der Waals surface area (Å²) in [6.07, 6.45) is 2.82. The summed E-state index contributed by atoms with van der Waals surface area (Å²) < 4.78 is 3.12. The lowest BCUT2D eigenvalue weighted by Crippen LogP contribution is -2.06. The lowest BCUT2D eigenvalue weighted by Gasteiger charge is -2.07. The summed E-state index contributed by atoms with van der Waals surface area (Å²) in [5.74, 6) is 0.531. The summed E-state index contributed by atoms with van der Waals surface area (Å²) in [4.78, 5) is 0. The average Bonchev–Trinajstić information content (AvgIpc) is 2.74. The fraction of sp³-hybridized carbons (Fsp3) is 0.308. The molecule has 0 saturated heterocycles. The molecule has 0 bridgehead atoms. The number of hydrogen-bond donors (Lipinski definition) is 0. The van der Waals surface area contributed by atoms with Crippen LogP contribution in [0, 0.1) is 0 Å². The van der Waals surface area contributed by atoms with Crippen LogP contribution in [0.1, 0.15) is 23.7 Å². The molecule has 1 aromatic heterocycles. The Kier molecular flexibility index (Phi) is 4.24. The largest absolute Gasteiger partial charge is 0.265 e. The highest BCUT2D eigenvalue weighted by Gasteiger charge is 2.08. The molecule has 0 aliphatic heterocycles. The van der Waals surface area contributed by atoms with Gasteiger partial charge in [-0.1, -0.05) is 35.0 Å². The highest BCUT2D eigenvalue weighted by atomic mass is 79.9. The summed E-state index contributed by atoms with van der Waals surface area (Å²) in [6.45, 7) is 2.93. The second-order valence-corrected chi connectivity index (χ2v) is 5.07. The zero-order valence-electron chi connectivity index (χ0n) is 9.66. The topological polar surface area (TPSA) is 17.8 Å². The van der Waals surface area contributed by atoms with Crippen LogP contribution in [0.5, 0.6) is 0 Å². The highest BCUT2D eigenvalue weighted by Crippen LogP contribution is 2.15. The van der Waals surface area contributed by atoms with Gasteiger partial charge >= 0.3 is 0 Å². The first-order valence-corrected chi connectivity index (χ1v) is 6.91. The van der Waals surface area contributed by atoms with Gasteiger partial charge in [0.15, 0.2) is 0 Å². The minimum atomic E-state index is 0.531. The van der Waals surface area contributed by atoms with Gasteiger partial charge in [0.1, 0.15) is 0 Å². The second kappa shape index (κ2) is 5.69. The van der Waals surface area contributed by atoms with E-state index in [2.05, 4.69) is 40.1 Å². The van der Waals surface area contributed by atoms with E-state index in [0.717, 1.165) is 23.0 Å². The standard InChI is InChI=1S/C13H14BrClN2/c1-2-13-11(7-15)8-16-17(13)9-10-3-5-12(14)6-4-10/h3-6,8H,2,7,9H2,1H3. The maximum absolute atomic E-state index is 5.89. The smallest absolute Gasteiger partial charge is 0.0662 e. The fourth-order valence-corrected chi connectivity index (χ4v) is 2.36. The van der Waals surface area contributed by atoms with Crippen LogP contribution < -0.4 is 0 Å². The van der Waals surface area contributed by atoms with E-state index in [0.29, 0.717) is 5.88 Å². The molecule has 0 atom stereocenters. The summed E-state index contributed by atoms with van der Waals surface area (Å²) in [7, 11) is 0. The Morgan fingerprint density at radius 3 is 2.59 bits per heavy atom. The Morgan fingerprint density at radius 1 is 1.29 bits per heavy atom. The molecule has 4 heteroatoms. The van der Waals surface area contributed by atoms with E-state index in [-0.39, 0.29) is 0 Å². The summed E-state index contributed by atoms with van der Waals surface area (Å²) >= 11 is 9.32. The molecule has 0 saturated carbocycles. The van der Waals surface area contributed by atoms with Gasteiger partial charge in [-0.05, 0) is 24.1 Å². The van der Waals surface area contributed by atoms with Crippen molar-refractivity contribution in [2.24, 2.45) is 0 Å². The number of rotatable bonds is 4. The van der Waals surface area contributed by atoms with Crippen LogP contribution in [0.4, 0.5) is 0 Å². The van der Waals surface area contributed by atoms with E-state index >= 15 is 0 Å². The van der Waals surface area contributed by atoms with Crippen molar-refractivity contribution in [1.29, 1.82) is 0 Å². The Bertz CT molecular complexity index is 491. The lowest BCUT2D eigenvalue weighted by atomic mass is 10.2. The Labute approximate surface area is 115 Å². The normalized spacial score (nSPS) is 10.8. The molecule has 1 heterocycles. The lowest BCUT2D eigenvalue weighted by molar-refractivity contribution is 0.648. The molecule has 2 aromatic rings. The van der Waals surface area contributed by atoms with Crippen LogP contribution in [-0.2, 0) is 18.8 Å². The van der Waals surface area contributed by atoms with E-state index in [1.807, 2.05) is 23.0 Å². The van der Waals surface area contributed by atoms with E-state index in [4.69, 9.17) is 11.6 Å². The Hall–Kier alpha value is -0.800. The maximum Gasteiger partial charge on any atom is 0.0662 e. The van der Waals surface area contributed by atoms with Crippen LogP contribution in [0.3, 0.4) is 0 Å². The van der Waals surface area contributed by atoms with Crippen LogP contribution in [-0.4, -0.2) is 9.78 Å². The second-order valence-electron chi connectivity index (χ2n) is 3.89. The monoisotopic (exact) mass is 312 g/mol. The van der Waals surface area contributed by atoms with Crippen LogP contribution in [0.15, 0.2) is 34.9 Å². The predicted molar refractivity (Wildman–Crippen MR) is 74.4 cm³/mol. The average molecular weight is 314 g/mol. The molecule has 2 nitrogen and oxygen atoms in total. The van der Waals surface area contributed by atoms with Gasteiger partial charge < -0.3 is 0 Å². The number of benzene rings is 1. The van der Waals surface area contributed by atoms with Gasteiger partial charge in [-0.25, -0.2) is 0 Å². The molecule has 0 amide bonds.